The molecule has 5 nitrogen and oxygen atoms in total. The van der Waals surface area contributed by atoms with Crippen molar-refractivity contribution < 1.29 is 4.79 Å². The molecule has 2 fully saturated rings. The molecule has 0 unspecified atom stereocenters. The van der Waals surface area contributed by atoms with E-state index in [-0.39, 0.29) is 5.91 Å². The van der Waals surface area contributed by atoms with Gasteiger partial charge in [-0.3, -0.25) is 4.79 Å². The summed E-state index contributed by atoms with van der Waals surface area (Å²) in [4.78, 5) is 16.6. The molecule has 0 spiro atoms. The van der Waals surface area contributed by atoms with Crippen LogP contribution in [-0.2, 0) is 4.79 Å². The molecule has 2 aromatic rings. The number of carbonyl (C=O) groups is 1. The van der Waals surface area contributed by atoms with Crippen LogP contribution in [0, 0.1) is 0 Å². The summed E-state index contributed by atoms with van der Waals surface area (Å²) >= 11 is 7.88. The Kier molecular flexibility index (Phi) is 6.27. The zero-order valence-electron chi connectivity index (χ0n) is 15.9. The number of hydrogen-bond donors (Lipinski definition) is 0. The molecule has 1 aliphatic heterocycles. The zero-order chi connectivity index (χ0) is 19.3. The number of hydrogen-bond acceptors (Lipinski definition) is 5. The Bertz CT molecular complexity index is 838. The number of aromatic nitrogens is 2. The number of rotatable bonds is 4. The van der Waals surface area contributed by atoms with Crippen molar-refractivity contribution in [2.45, 2.75) is 38.0 Å². The van der Waals surface area contributed by atoms with Gasteiger partial charge in [-0.2, -0.15) is 0 Å². The number of nitrogens with zero attached hydrogens (tertiary/aromatic N) is 4. The highest BCUT2D eigenvalue weighted by Crippen LogP contribution is 2.36. The largest absolute Gasteiger partial charge is 0.343 e. The summed E-state index contributed by atoms with van der Waals surface area (Å²) in [6, 6.07) is 7.53. The summed E-state index contributed by atoms with van der Waals surface area (Å²) in [5.74, 6) is 0.623. The lowest BCUT2D eigenvalue weighted by Crippen LogP contribution is -2.48. The van der Waals surface area contributed by atoms with E-state index < -0.39 is 0 Å². The Morgan fingerprint density at radius 2 is 1.82 bits per heavy atom. The predicted molar refractivity (Wildman–Crippen MR) is 115 cm³/mol. The number of benzene rings is 1. The molecule has 1 saturated heterocycles. The summed E-state index contributed by atoms with van der Waals surface area (Å²) in [6.45, 7) is 2.99. The smallest absolute Gasteiger partial charge is 0.246 e. The Morgan fingerprint density at radius 3 is 2.57 bits per heavy atom. The molecule has 0 radical (unpaired) electrons. The second kappa shape index (κ2) is 9.05. The molecule has 1 aromatic carbocycles. The summed E-state index contributed by atoms with van der Waals surface area (Å²) in [7, 11) is 0. The zero-order valence-corrected chi connectivity index (χ0v) is 17.5. The van der Waals surface area contributed by atoms with Crippen molar-refractivity contribution >= 4 is 40.1 Å². The molecule has 2 heterocycles. The predicted octanol–water partition coefficient (Wildman–Crippen LogP) is 4.60. The molecule has 148 valence electrons. The van der Waals surface area contributed by atoms with E-state index in [1.54, 1.807) is 23.5 Å². The van der Waals surface area contributed by atoms with Gasteiger partial charge in [-0.15, -0.1) is 10.2 Å². The van der Waals surface area contributed by atoms with Gasteiger partial charge in [0.2, 0.25) is 11.0 Å². The first-order valence-electron chi connectivity index (χ1n) is 10.0. The third-order valence-corrected chi connectivity index (χ3v) is 7.05. The second-order valence-electron chi connectivity index (χ2n) is 7.42. The first-order valence-corrected chi connectivity index (χ1v) is 11.2. The van der Waals surface area contributed by atoms with Crippen molar-refractivity contribution in [3.8, 4) is 0 Å². The van der Waals surface area contributed by atoms with E-state index in [2.05, 4.69) is 15.1 Å². The maximum Gasteiger partial charge on any atom is 0.246 e. The number of halogens is 1. The van der Waals surface area contributed by atoms with E-state index in [0.29, 0.717) is 24.0 Å². The van der Waals surface area contributed by atoms with Crippen LogP contribution in [-0.4, -0.2) is 47.2 Å². The summed E-state index contributed by atoms with van der Waals surface area (Å²) in [5.41, 5.74) is 0.861. The lowest BCUT2D eigenvalue weighted by molar-refractivity contribution is -0.126. The van der Waals surface area contributed by atoms with Crippen LogP contribution in [0.3, 0.4) is 0 Å². The molecule has 0 bridgehead atoms. The topological polar surface area (TPSA) is 49.3 Å². The maximum absolute atomic E-state index is 12.5. The number of piperazine rings is 1. The molecule has 7 heteroatoms. The Labute approximate surface area is 175 Å². The van der Waals surface area contributed by atoms with Gasteiger partial charge < -0.3 is 9.80 Å². The van der Waals surface area contributed by atoms with Crippen LogP contribution in [0.5, 0.6) is 0 Å². The maximum atomic E-state index is 12.5. The van der Waals surface area contributed by atoms with E-state index in [1.807, 2.05) is 29.2 Å². The van der Waals surface area contributed by atoms with Gasteiger partial charge in [-0.1, -0.05) is 60.4 Å². The Morgan fingerprint density at radius 1 is 1.07 bits per heavy atom. The fourth-order valence-electron chi connectivity index (χ4n) is 3.86. The molecular weight excluding hydrogens is 392 g/mol. The molecule has 28 heavy (non-hydrogen) atoms. The quantitative estimate of drug-likeness (QED) is 0.683. The second-order valence-corrected chi connectivity index (χ2v) is 8.82. The minimum atomic E-state index is 0.0275. The number of anilines is 1. The lowest BCUT2D eigenvalue weighted by atomic mass is 9.90. The van der Waals surface area contributed by atoms with Crippen molar-refractivity contribution in [2.75, 3.05) is 31.1 Å². The standard InChI is InChI=1S/C21H25ClN4OS/c22-18-9-5-4-6-16(18)10-11-19(27)25-12-14-26(15-13-25)21-24-23-20(28-21)17-7-2-1-3-8-17/h4-6,9-11,17H,1-3,7-8,12-15H2/b11-10+. The molecule has 1 aromatic heterocycles. The van der Waals surface area contributed by atoms with Crippen LogP contribution in [0.2, 0.25) is 5.02 Å². The highest BCUT2D eigenvalue weighted by atomic mass is 35.5. The van der Waals surface area contributed by atoms with Crippen LogP contribution in [0.15, 0.2) is 30.3 Å². The van der Waals surface area contributed by atoms with Crippen molar-refractivity contribution in [3.05, 3.63) is 45.9 Å². The SMILES string of the molecule is O=C(/C=C/c1ccccc1Cl)N1CCN(c2nnc(C3CCCCC3)s2)CC1. The third kappa shape index (κ3) is 4.55. The molecule has 2 aliphatic rings. The minimum absolute atomic E-state index is 0.0275. The minimum Gasteiger partial charge on any atom is -0.343 e. The van der Waals surface area contributed by atoms with E-state index in [9.17, 15) is 4.79 Å². The van der Waals surface area contributed by atoms with Crippen LogP contribution < -0.4 is 4.90 Å². The van der Waals surface area contributed by atoms with Gasteiger partial charge in [0.1, 0.15) is 5.01 Å². The number of amides is 1. The average Bonchev–Trinajstić information content (AvgIpc) is 3.24. The van der Waals surface area contributed by atoms with Crippen molar-refractivity contribution in [3.63, 3.8) is 0 Å². The number of carbonyl (C=O) groups excluding carboxylic acids is 1. The molecule has 1 saturated carbocycles. The van der Waals surface area contributed by atoms with Crippen molar-refractivity contribution in [2.24, 2.45) is 0 Å². The van der Waals surface area contributed by atoms with Gasteiger partial charge in [0.05, 0.1) is 0 Å². The van der Waals surface area contributed by atoms with Crippen molar-refractivity contribution in [1.82, 2.24) is 15.1 Å². The molecule has 0 atom stereocenters. The highest BCUT2D eigenvalue weighted by molar-refractivity contribution is 7.15. The van der Waals surface area contributed by atoms with Gasteiger partial charge >= 0.3 is 0 Å². The fraction of sp³-hybridized carbons (Fsp3) is 0.476. The first kappa shape index (κ1) is 19.4. The van der Waals surface area contributed by atoms with Crippen LogP contribution in [0.4, 0.5) is 5.13 Å². The molecule has 0 N–H and O–H groups in total. The monoisotopic (exact) mass is 416 g/mol. The summed E-state index contributed by atoms with van der Waals surface area (Å²) in [5, 5.41) is 11.7. The van der Waals surface area contributed by atoms with Gasteiger partial charge in [-0.25, -0.2) is 0 Å². The Hall–Kier alpha value is -1.92. The van der Waals surface area contributed by atoms with Crippen LogP contribution in [0.25, 0.3) is 6.08 Å². The van der Waals surface area contributed by atoms with E-state index in [1.165, 1.54) is 37.1 Å². The van der Waals surface area contributed by atoms with E-state index in [0.717, 1.165) is 23.8 Å². The van der Waals surface area contributed by atoms with E-state index in [4.69, 9.17) is 11.6 Å². The molecule has 1 aliphatic carbocycles. The van der Waals surface area contributed by atoms with Gasteiger partial charge in [-0.05, 0) is 30.5 Å². The van der Waals surface area contributed by atoms with Gasteiger partial charge in [0.15, 0.2) is 0 Å². The summed E-state index contributed by atoms with van der Waals surface area (Å²) < 4.78 is 0. The highest BCUT2D eigenvalue weighted by Gasteiger charge is 2.24. The summed E-state index contributed by atoms with van der Waals surface area (Å²) in [6.07, 6.45) is 9.86. The first-order chi connectivity index (χ1) is 13.7. The molecule has 1 amide bonds. The van der Waals surface area contributed by atoms with Gasteiger partial charge in [0.25, 0.3) is 0 Å². The average molecular weight is 417 g/mol. The van der Waals surface area contributed by atoms with Crippen LogP contribution >= 0.6 is 22.9 Å². The lowest BCUT2D eigenvalue weighted by Gasteiger charge is -2.33. The normalized spacial score (nSPS) is 18.8. The molecule has 4 rings (SSSR count). The van der Waals surface area contributed by atoms with Gasteiger partial charge in [0, 0.05) is 43.2 Å². The Balaban J connectivity index is 1.31. The van der Waals surface area contributed by atoms with Crippen LogP contribution in [0.1, 0.15) is 48.6 Å². The van der Waals surface area contributed by atoms with Crippen molar-refractivity contribution in [1.29, 1.82) is 0 Å². The van der Waals surface area contributed by atoms with E-state index >= 15 is 0 Å². The fourth-order valence-corrected chi connectivity index (χ4v) is 5.13. The molecular formula is C21H25ClN4OS. The third-order valence-electron chi connectivity index (χ3n) is 5.56.